The van der Waals surface area contributed by atoms with Crippen LogP contribution in [0.1, 0.15) is 6.92 Å². The van der Waals surface area contributed by atoms with Crippen LogP contribution in [-0.4, -0.2) is 11.1 Å². The van der Waals surface area contributed by atoms with Gasteiger partial charge in [-0.1, -0.05) is 30.3 Å². The molecule has 86 valence electrons. The smallest absolute Gasteiger partial charge is 0.308 e. The van der Waals surface area contributed by atoms with E-state index in [-0.39, 0.29) is 11.7 Å². The fraction of sp³-hybridized carbons (Fsp3) is 0.0714. The molecule has 0 bridgehead atoms. The molecule has 17 heavy (non-hydrogen) atoms. The van der Waals surface area contributed by atoms with Gasteiger partial charge in [-0.3, -0.25) is 4.79 Å². The van der Waals surface area contributed by atoms with Crippen molar-refractivity contribution in [1.29, 1.82) is 0 Å². The lowest BCUT2D eigenvalue weighted by Crippen LogP contribution is -2.02. The summed E-state index contributed by atoms with van der Waals surface area (Å²) in [6.45, 7) is 1.37. The lowest BCUT2D eigenvalue weighted by atomic mass is 10.0. The molecule has 0 aliphatic rings. The van der Waals surface area contributed by atoms with Crippen LogP contribution in [0.4, 0.5) is 0 Å². The summed E-state index contributed by atoms with van der Waals surface area (Å²) in [5.74, 6) is 0.376. The summed E-state index contributed by atoms with van der Waals surface area (Å²) in [6, 6.07) is 14.0. The lowest BCUT2D eigenvalue weighted by molar-refractivity contribution is -0.131. The van der Waals surface area contributed by atoms with E-state index in [4.69, 9.17) is 4.74 Å². The van der Waals surface area contributed by atoms with Gasteiger partial charge in [-0.05, 0) is 23.8 Å². The van der Waals surface area contributed by atoms with Crippen LogP contribution in [0.25, 0.3) is 11.1 Å². The molecule has 0 heterocycles. The summed E-state index contributed by atoms with van der Waals surface area (Å²) in [4.78, 5) is 11.0. The highest BCUT2D eigenvalue weighted by Crippen LogP contribution is 2.30. The molecule has 2 aromatic carbocycles. The Labute approximate surface area is 99.3 Å². The maximum Gasteiger partial charge on any atom is 0.308 e. The summed E-state index contributed by atoms with van der Waals surface area (Å²) < 4.78 is 5.13. The Kier molecular flexibility index (Phi) is 3.10. The van der Waals surface area contributed by atoms with E-state index in [2.05, 4.69) is 0 Å². The number of carbonyl (C=O) groups excluding carboxylic acids is 1. The van der Waals surface area contributed by atoms with Crippen LogP contribution < -0.4 is 4.74 Å². The molecule has 0 spiro atoms. The van der Waals surface area contributed by atoms with Crippen molar-refractivity contribution in [3.05, 3.63) is 48.5 Å². The number of benzene rings is 2. The summed E-state index contributed by atoms with van der Waals surface area (Å²) in [7, 11) is 0. The fourth-order valence-corrected chi connectivity index (χ4v) is 1.59. The summed E-state index contributed by atoms with van der Waals surface area (Å²) in [6.07, 6.45) is 0. The monoisotopic (exact) mass is 228 g/mol. The first-order valence-corrected chi connectivity index (χ1v) is 5.23. The number of hydrogen-bond acceptors (Lipinski definition) is 3. The molecule has 0 aliphatic heterocycles. The van der Waals surface area contributed by atoms with E-state index in [1.807, 2.05) is 18.2 Å². The second-order valence-corrected chi connectivity index (χ2v) is 3.64. The summed E-state index contributed by atoms with van der Waals surface area (Å²) in [5, 5.41) is 9.23. The van der Waals surface area contributed by atoms with E-state index in [0.29, 0.717) is 5.75 Å². The highest BCUT2D eigenvalue weighted by molar-refractivity contribution is 5.76. The largest absolute Gasteiger partial charge is 0.508 e. The molecule has 0 saturated carbocycles. The molecule has 0 fully saturated rings. The average Bonchev–Trinajstić information content (AvgIpc) is 2.30. The Bertz CT molecular complexity index is 529. The van der Waals surface area contributed by atoms with Crippen molar-refractivity contribution in [2.45, 2.75) is 6.92 Å². The molecule has 0 aromatic heterocycles. The number of esters is 1. The van der Waals surface area contributed by atoms with Crippen LogP contribution >= 0.6 is 0 Å². The first-order chi connectivity index (χ1) is 8.16. The fourth-order valence-electron chi connectivity index (χ4n) is 1.59. The normalized spacial score (nSPS) is 9.94. The minimum Gasteiger partial charge on any atom is -0.508 e. The number of hydrogen-bond donors (Lipinski definition) is 1. The van der Waals surface area contributed by atoms with Crippen LogP contribution in [0.5, 0.6) is 11.5 Å². The van der Waals surface area contributed by atoms with Crippen LogP contribution in [-0.2, 0) is 4.79 Å². The Morgan fingerprint density at radius 2 is 1.71 bits per heavy atom. The summed E-state index contributed by atoms with van der Waals surface area (Å²) >= 11 is 0. The van der Waals surface area contributed by atoms with E-state index in [1.165, 1.54) is 6.92 Å². The first kappa shape index (κ1) is 11.2. The number of phenols is 1. The van der Waals surface area contributed by atoms with E-state index in [1.54, 1.807) is 30.3 Å². The highest BCUT2D eigenvalue weighted by atomic mass is 16.5. The molecule has 0 unspecified atom stereocenters. The maximum atomic E-state index is 11.0. The predicted molar refractivity (Wildman–Crippen MR) is 64.9 cm³/mol. The average molecular weight is 228 g/mol. The van der Waals surface area contributed by atoms with Crippen LogP contribution in [0.15, 0.2) is 48.5 Å². The van der Waals surface area contributed by atoms with Gasteiger partial charge < -0.3 is 9.84 Å². The lowest BCUT2D eigenvalue weighted by Gasteiger charge is -2.08. The first-order valence-electron chi connectivity index (χ1n) is 5.23. The summed E-state index contributed by atoms with van der Waals surface area (Å²) in [5.41, 5.74) is 1.71. The van der Waals surface area contributed by atoms with Crippen LogP contribution in [0.3, 0.4) is 0 Å². The Hall–Kier alpha value is -2.29. The minimum absolute atomic E-state index is 0.207. The van der Waals surface area contributed by atoms with Gasteiger partial charge in [0.05, 0.1) is 0 Å². The molecule has 1 N–H and O–H groups in total. The zero-order valence-electron chi connectivity index (χ0n) is 9.38. The van der Waals surface area contributed by atoms with Gasteiger partial charge in [-0.2, -0.15) is 0 Å². The zero-order chi connectivity index (χ0) is 12.3. The standard InChI is InChI=1S/C14H12O3/c1-10(15)17-14-5-3-2-4-13(14)11-6-8-12(16)9-7-11/h2-9,16H,1H3. The number of ether oxygens (including phenoxy) is 1. The molecular weight excluding hydrogens is 216 g/mol. The second-order valence-electron chi connectivity index (χ2n) is 3.64. The van der Waals surface area contributed by atoms with Crippen molar-refractivity contribution < 1.29 is 14.6 Å². The number of para-hydroxylation sites is 1. The third kappa shape index (κ3) is 2.64. The second kappa shape index (κ2) is 4.70. The zero-order valence-corrected chi connectivity index (χ0v) is 9.38. The molecule has 3 heteroatoms. The van der Waals surface area contributed by atoms with E-state index >= 15 is 0 Å². The van der Waals surface area contributed by atoms with Crippen molar-refractivity contribution in [3.63, 3.8) is 0 Å². The molecule has 2 rings (SSSR count). The van der Waals surface area contributed by atoms with E-state index in [0.717, 1.165) is 11.1 Å². The molecule has 0 saturated heterocycles. The van der Waals surface area contributed by atoms with Crippen molar-refractivity contribution in [2.24, 2.45) is 0 Å². The van der Waals surface area contributed by atoms with Crippen LogP contribution in [0, 0.1) is 0 Å². The molecular formula is C14H12O3. The number of phenolic OH excluding ortho intramolecular Hbond substituents is 1. The maximum absolute atomic E-state index is 11.0. The molecule has 0 amide bonds. The number of carbonyl (C=O) groups is 1. The van der Waals surface area contributed by atoms with Crippen molar-refractivity contribution in [2.75, 3.05) is 0 Å². The minimum atomic E-state index is -0.351. The van der Waals surface area contributed by atoms with Gasteiger partial charge in [-0.25, -0.2) is 0 Å². The number of aromatic hydroxyl groups is 1. The Balaban J connectivity index is 2.44. The number of rotatable bonds is 2. The van der Waals surface area contributed by atoms with Gasteiger partial charge in [-0.15, -0.1) is 0 Å². The highest BCUT2D eigenvalue weighted by Gasteiger charge is 2.07. The van der Waals surface area contributed by atoms with E-state index < -0.39 is 0 Å². The van der Waals surface area contributed by atoms with Gasteiger partial charge in [0.15, 0.2) is 0 Å². The molecule has 0 aliphatic carbocycles. The molecule has 3 nitrogen and oxygen atoms in total. The van der Waals surface area contributed by atoms with Gasteiger partial charge in [0, 0.05) is 12.5 Å². The quantitative estimate of drug-likeness (QED) is 0.635. The van der Waals surface area contributed by atoms with Crippen molar-refractivity contribution >= 4 is 5.97 Å². The van der Waals surface area contributed by atoms with Gasteiger partial charge >= 0.3 is 5.97 Å². The van der Waals surface area contributed by atoms with Gasteiger partial charge in [0.2, 0.25) is 0 Å². The van der Waals surface area contributed by atoms with Crippen LogP contribution in [0.2, 0.25) is 0 Å². The Morgan fingerprint density at radius 1 is 1.06 bits per heavy atom. The molecule has 0 atom stereocenters. The topological polar surface area (TPSA) is 46.5 Å². The third-order valence-corrected chi connectivity index (χ3v) is 2.32. The predicted octanol–water partition coefficient (Wildman–Crippen LogP) is 2.98. The van der Waals surface area contributed by atoms with Gasteiger partial charge in [0.1, 0.15) is 11.5 Å². The third-order valence-electron chi connectivity index (χ3n) is 2.32. The van der Waals surface area contributed by atoms with Crippen molar-refractivity contribution in [1.82, 2.24) is 0 Å². The molecule has 0 radical (unpaired) electrons. The molecule has 2 aromatic rings. The Morgan fingerprint density at radius 3 is 2.35 bits per heavy atom. The van der Waals surface area contributed by atoms with E-state index in [9.17, 15) is 9.90 Å². The SMILES string of the molecule is CC(=O)Oc1ccccc1-c1ccc(O)cc1. The van der Waals surface area contributed by atoms with Gasteiger partial charge in [0.25, 0.3) is 0 Å². The van der Waals surface area contributed by atoms with Crippen molar-refractivity contribution in [3.8, 4) is 22.6 Å².